The van der Waals surface area contributed by atoms with Gasteiger partial charge in [-0.3, -0.25) is 4.79 Å². The van der Waals surface area contributed by atoms with Crippen molar-refractivity contribution in [2.75, 3.05) is 46.2 Å². The van der Waals surface area contributed by atoms with E-state index in [1.165, 1.54) is 7.11 Å². The second kappa shape index (κ2) is 14.0. The molecule has 0 aliphatic carbocycles. The summed E-state index contributed by atoms with van der Waals surface area (Å²) in [6, 6.07) is 13.6. The normalized spacial score (nSPS) is 12.0. The lowest BCUT2D eigenvalue weighted by atomic mass is 9.82. The molecule has 0 spiro atoms. The van der Waals surface area contributed by atoms with Crippen LogP contribution in [0, 0.1) is 11.8 Å². The van der Waals surface area contributed by atoms with Gasteiger partial charge in [-0.25, -0.2) is 9.78 Å². The van der Waals surface area contributed by atoms with E-state index in [2.05, 4.69) is 68.7 Å². The van der Waals surface area contributed by atoms with Gasteiger partial charge in [-0.15, -0.1) is 0 Å². The molecule has 0 atom stereocenters. The molecule has 0 unspecified atom stereocenters. The third kappa shape index (κ3) is 8.32. The molecule has 0 saturated carbocycles. The Kier molecular flexibility index (Phi) is 11.0. The molecule has 224 valence electrons. The molecule has 0 radical (unpaired) electrons. The van der Waals surface area contributed by atoms with Crippen LogP contribution in [0.3, 0.4) is 0 Å². The topological polar surface area (TPSA) is 79.7 Å². The van der Waals surface area contributed by atoms with Crippen LogP contribution in [0.2, 0.25) is 0 Å². The monoisotopic (exact) mass is 563 g/mol. The van der Waals surface area contributed by atoms with E-state index in [9.17, 15) is 9.59 Å². The number of rotatable bonds is 14. The number of hydrogen-bond acceptors (Lipinski definition) is 6. The molecule has 1 heterocycles. The Hall–Kier alpha value is -3.39. The zero-order chi connectivity index (χ0) is 30.3. The summed E-state index contributed by atoms with van der Waals surface area (Å²) in [7, 11) is 5.54. The van der Waals surface area contributed by atoms with E-state index in [1.54, 1.807) is 12.1 Å². The molecule has 3 aromatic rings. The zero-order valence-electron chi connectivity index (χ0n) is 26.5. The predicted octanol–water partition coefficient (Wildman–Crippen LogP) is 5.80. The van der Waals surface area contributed by atoms with Crippen LogP contribution in [0.25, 0.3) is 11.0 Å². The van der Waals surface area contributed by atoms with E-state index in [4.69, 9.17) is 9.72 Å². The summed E-state index contributed by atoms with van der Waals surface area (Å²) in [6.45, 7) is 16.5. The van der Waals surface area contributed by atoms with Crippen molar-refractivity contribution < 1.29 is 14.3 Å². The molecule has 2 aromatic carbocycles. The van der Waals surface area contributed by atoms with Gasteiger partial charge in [-0.1, -0.05) is 45.9 Å². The van der Waals surface area contributed by atoms with Gasteiger partial charge in [0.1, 0.15) is 0 Å². The van der Waals surface area contributed by atoms with Crippen LogP contribution in [0.5, 0.6) is 0 Å². The van der Waals surface area contributed by atoms with Gasteiger partial charge in [0.25, 0.3) is 0 Å². The number of aromatic nitrogens is 2. The fourth-order valence-corrected chi connectivity index (χ4v) is 5.12. The average molecular weight is 564 g/mol. The SMILES string of the molecule is COC(=O)c1ccc(CNc2nc3ccc(C(C)(C)C(=O)N(CC(C)C)CC(C)C)cc3n2CCCN(C)C)cc1. The molecule has 0 aliphatic heterocycles. The molecule has 0 fully saturated rings. The first kappa shape index (κ1) is 32.1. The van der Waals surface area contributed by atoms with Gasteiger partial charge in [0.15, 0.2) is 0 Å². The Morgan fingerprint density at radius 1 is 1.00 bits per heavy atom. The number of hydrogen-bond donors (Lipinski definition) is 1. The van der Waals surface area contributed by atoms with Crippen molar-refractivity contribution in [1.29, 1.82) is 0 Å². The first-order chi connectivity index (χ1) is 19.3. The van der Waals surface area contributed by atoms with Gasteiger partial charge in [0.2, 0.25) is 11.9 Å². The van der Waals surface area contributed by atoms with Crippen molar-refractivity contribution in [3.05, 3.63) is 59.2 Å². The van der Waals surface area contributed by atoms with Crippen molar-refractivity contribution in [2.45, 2.75) is 66.5 Å². The number of aryl methyl sites for hydroxylation is 1. The highest BCUT2D eigenvalue weighted by molar-refractivity contribution is 5.90. The third-order valence-corrected chi connectivity index (χ3v) is 7.28. The van der Waals surface area contributed by atoms with Gasteiger partial charge in [-0.05, 0) is 88.1 Å². The first-order valence-corrected chi connectivity index (χ1v) is 14.7. The molecular formula is C33H49N5O3. The van der Waals surface area contributed by atoms with Crippen molar-refractivity contribution in [3.8, 4) is 0 Å². The molecule has 0 bridgehead atoms. The summed E-state index contributed by atoms with van der Waals surface area (Å²) < 4.78 is 7.04. The molecule has 1 aromatic heterocycles. The number of fused-ring (bicyclic) bond motifs is 1. The maximum Gasteiger partial charge on any atom is 0.337 e. The number of carbonyl (C=O) groups is 2. The van der Waals surface area contributed by atoms with E-state index < -0.39 is 5.41 Å². The number of ether oxygens (including phenoxy) is 1. The number of benzene rings is 2. The van der Waals surface area contributed by atoms with Gasteiger partial charge in [0, 0.05) is 26.2 Å². The summed E-state index contributed by atoms with van der Waals surface area (Å²) in [5.41, 5.74) is 3.79. The summed E-state index contributed by atoms with van der Waals surface area (Å²) in [4.78, 5) is 34.9. The highest BCUT2D eigenvalue weighted by Crippen LogP contribution is 2.31. The Labute approximate surface area is 246 Å². The van der Waals surface area contributed by atoms with E-state index in [1.807, 2.05) is 36.9 Å². The first-order valence-electron chi connectivity index (χ1n) is 14.7. The van der Waals surface area contributed by atoms with Crippen LogP contribution in [-0.2, 0) is 28.0 Å². The molecule has 41 heavy (non-hydrogen) atoms. The van der Waals surface area contributed by atoms with Crippen molar-refractivity contribution in [3.63, 3.8) is 0 Å². The molecule has 8 heteroatoms. The maximum atomic E-state index is 13.9. The predicted molar refractivity (Wildman–Crippen MR) is 167 cm³/mol. The number of imidazole rings is 1. The van der Waals surface area contributed by atoms with Crippen LogP contribution < -0.4 is 5.32 Å². The number of nitrogens with one attached hydrogen (secondary N) is 1. The number of esters is 1. The highest BCUT2D eigenvalue weighted by atomic mass is 16.5. The third-order valence-electron chi connectivity index (χ3n) is 7.28. The van der Waals surface area contributed by atoms with Crippen LogP contribution in [0.15, 0.2) is 42.5 Å². The lowest BCUT2D eigenvalue weighted by Crippen LogP contribution is -2.46. The summed E-state index contributed by atoms with van der Waals surface area (Å²) >= 11 is 0. The maximum absolute atomic E-state index is 13.9. The number of carbonyl (C=O) groups excluding carboxylic acids is 2. The minimum absolute atomic E-state index is 0.159. The number of nitrogens with zero attached hydrogens (tertiary/aromatic N) is 4. The molecular weight excluding hydrogens is 514 g/mol. The van der Waals surface area contributed by atoms with Crippen LogP contribution >= 0.6 is 0 Å². The van der Waals surface area contributed by atoms with E-state index in [0.29, 0.717) is 23.9 Å². The van der Waals surface area contributed by atoms with Crippen LogP contribution in [-0.4, -0.2) is 72.1 Å². The Bertz CT molecular complexity index is 1300. The largest absolute Gasteiger partial charge is 0.465 e. The molecule has 1 N–H and O–H groups in total. The molecule has 0 aliphatic rings. The minimum atomic E-state index is -0.675. The lowest BCUT2D eigenvalue weighted by molar-refractivity contribution is -0.137. The van der Waals surface area contributed by atoms with Crippen molar-refractivity contribution >= 4 is 28.9 Å². The van der Waals surface area contributed by atoms with Crippen molar-refractivity contribution in [2.24, 2.45) is 11.8 Å². The summed E-state index contributed by atoms with van der Waals surface area (Å²) in [6.07, 6.45) is 0.962. The second-order valence-electron chi connectivity index (χ2n) is 12.6. The fraction of sp³-hybridized carbons (Fsp3) is 0.545. The van der Waals surface area contributed by atoms with E-state index in [0.717, 1.165) is 60.7 Å². The summed E-state index contributed by atoms with van der Waals surface area (Å²) in [5, 5.41) is 3.51. The number of anilines is 1. The molecule has 1 amide bonds. The standard InChI is InChI=1S/C33H49N5O3/c1-23(2)21-37(22-24(3)4)31(40)33(5,6)27-15-16-28-29(19-27)38(18-10-17-36(7)8)32(35-28)34-20-25-11-13-26(14-12-25)30(39)41-9/h11-16,19,23-24H,10,17-18,20-22H2,1-9H3,(H,34,35). The highest BCUT2D eigenvalue weighted by Gasteiger charge is 2.35. The Balaban J connectivity index is 1.94. The quantitative estimate of drug-likeness (QED) is 0.250. The van der Waals surface area contributed by atoms with Crippen LogP contribution in [0.1, 0.15) is 69.4 Å². The van der Waals surface area contributed by atoms with E-state index in [-0.39, 0.29) is 11.9 Å². The number of amides is 1. The van der Waals surface area contributed by atoms with Crippen molar-refractivity contribution in [1.82, 2.24) is 19.4 Å². The Morgan fingerprint density at radius 3 is 2.20 bits per heavy atom. The van der Waals surface area contributed by atoms with Gasteiger partial charge < -0.3 is 24.4 Å². The number of methoxy groups -OCH3 is 1. The molecule has 3 rings (SSSR count). The minimum Gasteiger partial charge on any atom is -0.465 e. The van der Waals surface area contributed by atoms with Gasteiger partial charge in [-0.2, -0.15) is 0 Å². The van der Waals surface area contributed by atoms with Gasteiger partial charge >= 0.3 is 5.97 Å². The fourth-order valence-electron chi connectivity index (χ4n) is 5.12. The average Bonchev–Trinajstić information content (AvgIpc) is 3.26. The Morgan fingerprint density at radius 2 is 1.63 bits per heavy atom. The zero-order valence-corrected chi connectivity index (χ0v) is 26.5. The second-order valence-corrected chi connectivity index (χ2v) is 12.6. The smallest absolute Gasteiger partial charge is 0.337 e. The molecule has 8 nitrogen and oxygen atoms in total. The van der Waals surface area contributed by atoms with Crippen LogP contribution in [0.4, 0.5) is 5.95 Å². The summed E-state index contributed by atoms with van der Waals surface area (Å²) in [5.74, 6) is 1.41. The van der Waals surface area contributed by atoms with Gasteiger partial charge in [0.05, 0.1) is 29.1 Å². The molecule has 0 saturated heterocycles. The van der Waals surface area contributed by atoms with E-state index >= 15 is 0 Å². The lowest BCUT2D eigenvalue weighted by Gasteiger charge is -2.34.